The zero-order chi connectivity index (χ0) is 19.3. The Labute approximate surface area is 166 Å². The number of thiazole rings is 1. The molecule has 4 aromatic rings. The third-order valence-corrected chi connectivity index (χ3v) is 5.09. The number of amides is 1. The molecule has 28 heavy (non-hydrogen) atoms. The van der Waals surface area contributed by atoms with Crippen LogP contribution in [0.1, 0.15) is 22.0 Å². The zero-order valence-corrected chi connectivity index (χ0v) is 16.0. The number of methoxy groups -OCH3 is 1. The lowest BCUT2D eigenvalue weighted by atomic mass is 10.2. The summed E-state index contributed by atoms with van der Waals surface area (Å²) in [5.41, 5.74) is 1.34. The van der Waals surface area contributed by atoms with E-state index in [2.05, 4.69) is 4.98 Å². The number of ether oxygens (including phenoxy) is 1. The lowest BCUT2D eigenvalue weighted by Crippen LogP contribution is -2.30. The number of furan rings is 2. The third kappa shape index (κ3) is 3.99. The van der Waals surface area contributed by atoms with E-state index in [1.54, 1.807) is 42.0 Å². The maximum absolute atomic E-state index is 13.1. The smallest absolute Gasteiger partial charge is 0.274 e. The van der Waals surface area contributed by atoms with Gasteiger partial charge in [0.25, 0.3) is 5.91 Å². The summed E-state index contributed by atoms with van der Waals surface area (Å²) >= 11 is 1.43. The normalized spacial score (nSPS) is 10.8. The van der Waals surface area contributed by atoms with Gasteiger partial charge in [0.1, 0.15) is 28.0 Å². The van der Waals surface area contributed by atoms with Crippen molar-refractivity contribution in [1.29, 1.82) is 0 Å². The number of carbonyl (C=O) groups excluding carboxylic acids is 1. The quantitative estimate of drug-likeness (QED) is 0.448. The Balaban J connectivity index is 1.56. The molecule has 142 valence electrons. The molecule has 0 atom stereocenters. The van der Waals surface area contributed by atoms with E-state index in [-0.39, 0.29) is 5.91 Å². The lowest BCUT2D eigenvalue weighted by Gasteiger charge is -2.19. The Bertz CT molecular complexity index is 985. The van der Waals surface area contributed by atoms with Crippen molar-refractivity contribution in [3.8, 4) is 16.3 Å². The summed E-state index contributed by atoms with van der Waals surface area (Å²) in [6.07, 6.45) is 3.19. The molecule has 0 aliphatic carbocycles. The number of benzene rings is 1. The van der Waals surface area contributed by atoms with E-state index in [0.717, 1.165) is 16.3 Å². The third-order valence-electron chi connectivity index (χ3n) is 4.20. The van der Waals surface area contributed by atoms with Crippen molar-refractivity contribution in [2.45, 2.75) is 13.1 Å². The van der Waals surface area contributed by atoms with Crippen molar-refractivity contribution in [2.75, 3.05) is 7.11 Å². The van der Waals surface area contributed by atoms with Crippen LogP contribution in [-0.2, 0) is 13.1 Å². The van der Waals surface area contributed by atoms with Gasteiger partial charge in [-0.25, -0.2) is 4.98 Å². The summed E-state index contributed by atoms with van der Waals surface area (Å²) in [6, 6.07) is 14.9. The number of aromatic nitrogens is 1. The second-order valence-corrected chi connectivity index (χ2v) is 6.94. The van der Waals surface area contributed by atoms with Crippen LogP contribution in [0.3, 0.4) is 0 Å². The Morgan fingerprint density at radius 1 is 1.04 bits per heavy atom. The van der Waals surface area contributed by atoms with Crippen molar-refractivity contribution in [3.05, 3.63) is 83.7 Å². The predicted molar refractivity (Wildman–Crippen MR) is 105 cm³/mol. The van der Waals surface area contributed by atoms with Gasteiger partial charge in [-0.3, -0.25) is 4.79 Å². The highest BCUT2D eigenvalue weighted by atomic mass is 32.1. The van der Waals surface area contributed by atoms with Crippen LogP contribution in [-0.4, -0.2) is 22.9 Å². The SMILES string of the molecule is COc1ccc(-c2nc(C(=O)N(Cc3ccco3)Cc3ccco3)cs2)cc1. The van der Waals surface area contributed by atoms with Crippen molar-refractivity contribution < 1.29 is 18.4 Å². The summed E-state index contributed by atoms with van der Waals surface area (Å²) in [5.74, 6) is 2.00. The molecule has 0 aliphatic rings. The topological polar surface area (TPSA) is 68.7 Å². The van der Waals surface area contributed by atoms with Crippen LogP contribution in [0.2, 0.25) is 0 Å². The molecule has 0 N–H and O–H groups in total. The van der Waals surface area contributed by atoms with Gasteiger partial charge in [-0.1, -0.05) is 0 Å². The van der Waals surface area contributed by atoms with E-state index >= 15 is 0 Å². The second-order valence-electron chi connectivity index (χ2n) is 6.09. The van der Waals surface area contributed by atoms with Crippen molar-refractivity contribution in [1.82, 2.24) is 9.88 Å². The first-order valence-corrected chi connectivity index (χ1v) is 9.55. The van der Waals surface area contributed by atoms with Crippen molar-refractivity contribution in [3.63, 3.8) is 0 Å². The highest BCUT2D eigenvalue weighted by Crippen LogP contribution is 2.26. The zero-order valence-electron chi connectivity index (χ0n) is 15.2. The van der Waals surface area contributed by atoms with Gasteiger partial charge in [-0.05, 0) is 48.5 Å². The second kappa shape index (κ2) is 8.14. The Morgan fingerprint density at radius 2 is 1.68 bits per heavy atom. The fraction of sp³-hybridized carbons (Fsp3) is 0.143. The number of hydrogen-bond acceptors (Lipinski definition) is 6. The van der Waals surface area contributed by atoms with Crippen LogP contribution >= 0.6 is 11.3 Å². The van der Waals surface area contributed by atoms with E-state index in [9.17, 15) is 4.79 Å². The molecule has 1 aromatic carbocycles. The van der Waals surface area contributed by atoms with E-state index in [0.29, 0.717) is 30.3 Å². The van der Waals surface area contributed by atoms with Gasteiger partial charge >= 0.3 is 0 Å². The van der Waals surface area contributed by atoms with E-state index < -0.39 is 0 Å². The van der Waals surface area contributed by atoms with E-state index in [1.807, 2.05) is 36.4 Å². The predicted octanol–water partition coefficient (Wildman–Crippen LogP) is 4.85. The lowest BCUT2D eigenvalue weighted by molar-refractivity contribution is 0.0700. The number of rotatable bonds is 7. The first kappa shape index (κ1) is 18.1. The standard InChI is InChI=1S/C21H18N2O4S/c1-25-16-8-6-15(7-9-16)20-22-19(14-28-20)21(24)23(12-17-4-2-10-26-17)13-18-5-3-11-27-18/h2-11,14H,12-13H2,1H3. The van der Waals surface area contributed by atoms with Crippen LogP contribution in [0.5, 0.6) is 5.75 Å². The summed E-state index contributed by atoms with van der Waals surface area (Å²) in [5, 5.41) is 2.56. The minimum atomic E-state index is -0.177. The van der Waals surface area contributed by atoms with Gasteiger partial charge in [-0.15, -0.1) is 11.3 Å². The first-order chi connectivity index (χ1) is 13.7. The molecule has 0 bridgehead atoms. The van der Waals surface area contributed by atoms with Crippen LogP contribution in [0.25, 0.3) is 10.6 Å². The molecular formula is C21H18N2O4S. The molecule has 6 nitrogen and oxygen atoms in total. The van der Waals surface area contributed by atoms with Crippen LogP contribution in [0.4, 0.5) is 0 Å². The van der Waals surface area contributed by atoms with E-state index in [1.165, 1.54) is 11.3 Å². The monoisotopic (exact) mass is 394 g/mol. The minimum absolute atomic E-state index is 0.177. The van der Waals surface area contributed by atoms with Crippen molar-refractivity contribution in [2.24, 2.45) is 0 Å². The Morgan fingerprint density at radius 3 is 2.21 bits per heavy atom. The van der Waals surface area contributed by atoms with Gasteiger partial charge in [0.15, 0.2) is 0 Å². The molecule has 0 fully saturated rings. The number of nitrogens with zero attached hydrogens (tertiary/aromatic N) is 2. The number of hydrogen-bond donors (Lipinski definition) is 0. The molecule has 3 aromatic heterocycles. The average molecular weight is 394 g/mol. The summed E-state index contributed by atoms with van der Waals surface area (Å²) in [4.78, 5) is 19.3. The average Bonchev–Trinajstić information content (AvgIpc) is 3.49. The van der Waals surface area contributed by atoms with Crippen LogP contribution in [0.15, 0.2) is 75.3 Å². The van der Waals surface area contributed by atoms with E-state index in [4.69, 9.17) is 13.6 Å². The summed E-state index contributed by atoms with van der Waals surface area (Å²) < 4.78 is 16.0. The molecule has 0 aliphatic heterocycles. The Hall–Kier alpha value is -3.32. The van der Waals surface area contributed by atoms with Gasteiger partial charge in [0.2, 0.25) is 0 Å². The van der Waals surface area contributed by atoms with Crippen molar-refractivity contribution >= 4 is 17.2 Å². The summed E-state index contributed by atoms with van der Waals surface area (Å²) in [6.45, 7) is 0.670. The summed E-state index contributed by atoms with van der Waals surface area (Å²) in [7, 11) is 1.63. The number of carbonyl (C=O) groups is 1. The maximum atomic E-state index is 13.1. The van der Waals surface area contributed by atoms with Gasteiger partial charge < -0.3 is 18.5 Å². The largest absolute Gasteiger partial charge is 0.497 e. The molecular weight excluding hydrogens is 376 g/mol. The molecule has 0 saturated carbocycles. The van der Waals surface area contributed by atoms with Gasteiger partial charge in [0.05, 0.1) is 32.7 Å². The molecule has 0 radical (unpaired) electrons. The molecule has 1 amide bonds. The molecule has 0 saturated heterocycles. The molecule has 0 spiro atoms. The van der Waals surface area contributed by atoms with Gasteiger partial charge in [0, 0.05) is 10.9 Å². The molecule has 4 rings (SSSR count). The highest BCUT2D eigenvalue weighted by Gasteiger charge is 2.21. The Kier molecular flexibility index (Phi) is 5.25. The molecule has 0 unspecified atom stereocenters. The molecule has 3 heterocycles. The highest BCUT2D eigenvalue weighted by molar-refractivity contribution is 7.13. The van der Waals surface area contributed by atoms with Crippen LogP contribution < -0.4 is 4.74 Å². The molecule has 7 heteroatoms. The van der Waals surface area contributed by atoms with Gasteiger partial charge in [-0.2, -0.15) is 0 Å². The maximum Gasteiger partial charge on any atom is 0.274 e. The minimum Gasteiger partial charge on any atom is -0.497 e. The van der Waals surface area contributed by atoms with Crippen LogP contribution in [0, 0.1) is 0 Å². The fourth-order valence-electron chi connectivity index (χ4n) is 2.78. The fourth-order valence-corrected chi connectivity index (χ4v) is 3.58. The first-order valence-electron chi connectivity index (χ1n) is 8.67.